The van der Waals surface area contributed by atoms with Crippen LogP contribution in [-0.2, 0) is 28.7 Å². The van der Waals surface area contributed by atoms with Gasteiger partial charge in [-0.15, -0.1) is 0 Å². The van der Waals surface area contributed by atoms with Crippen LogP contribution in [0.25, 0.3) is 10.8 Å². The molecule has 0 aliphatic rings. The van der Waals surface area contributed by atoms with E-state index in [1.165, 1.54) is 12.1 Å². The monoisotopic (exact) mass is 405 g/mol. The van der Waals surface area contributed by atoms with Crippen LogP contribution in [0.3, 0.4) is 0 Å². The van der Waals surface area contributed by atoms with Gasteiger partial charge in [-0.2, -0.15) is 18.3 Å². The maximum Gasteiger partial charge on any atom is 0.416 e. The minimum Gasteiger partial charge on any atom is -0.481 e. The van der Waals surface area contributed by atoms with Crippen LogP contribution in [0.15, 0.2) is 53.3 Å². The largest absolute Gasteiger partial charge is 0.481 e. The molecular formula is C19H14F3N3O4. The summed E-state index contributed by atoms with van der Waals surface area (Å²) in [7, 11) is 0. The number of halogens is 3. The number of nitrogens with zero attached hydrogens (tertiary/aromatic N) is 2. The first-order valence-electron chi connectivity index (χ1n) is 8.33. The number of carbonyl (C=O) groups is 2. The van der Waals surface area contributed by atoms with Crippen LogP contribution in [0.5, 0.6) is 0 Å². The van der Waals surface area contributed by atoms with Crippen molar-refractivity contribution in [2.45, 2.75) is 19.1 Å². The third-order valence-electron chi connectivity index (χ3n) is 4.03. The van der Waals surface area contributed by atoms with Gasteiger partial charge in [-0.3, -0.25) is 14.4 Å². The summed E-state index contributed by atoms with van der Waals surface area (Å²) in [6.45, 7) is -0.591. The maximum atomic E-state index is 12.8. The van der Waals surface area contributed by atoms with Crippen molar-refractivity contribution >= 4 is 28.3 Å². The van der Waals surface area contributed by atoms with E-state index in [1.807, 2.05) is 0 Å². The minimum absolute atomic E-state index is 0.0931. The van der Waals surface area contributed by atoms with E-state index in [0.717, 1.165) is 22.9 Å². The first kappa shape index (κ1) is 20.1. The summed E-state index contributed by atoms with van der Waals surface area (Å²) < 4.78 is 39.2. The quantitative estimate of drug-likeness (QED) is 0.680. The Morgan fingerprint density at radius 3 is 2.41 bits per heavy atom. The first-order valence-corrected chi connectivity index (χ1v) is 8.33. The summed E-state index contributed by atoms with van der Waals surface area (Å²) in [4.78, 5) is 35.9. The summed E-state index contributed by atoms with van der Waals surface area (Å²) in [5, 5.41) is 15.8. The second kappa shape index (κ2) is 7.74. The molecule has 0 fully saturated rings. The van der Waals surface area contributed by atoms with Crippen LogP contribution in [0.2, 0.25) is 0 Å². The molecule has 10 heteroatoms. The minimum atomic E-state index is -4.57. The predicted molar refractivity (Wildman–Crippen MR) is 97.4 cm³/mol. The van der Waals surface area contributed by atoms with Crippen molar-refractivity contribution in [1.82, 2.24) is 9.78 Å². The molecule has 1 heterocycles. The molecule has 150 valence electrons. The van der Waals surface area contributed by atoms with E-state index in [9.17, 15) is 27.6 Å². The van der Waals surface area contributed by atoms with Gasteiger partial charge in [-0.1, -0.05) is 24.3 Å². The number of carboxylic acid groups (broad SMARTS) is 1. The molecule has 0 bridgehead atoms. The normalized spacial score (nSPS) is 11.4. The zero-order chi connectivity index (χ0) is 21.2. The smallest absolute Gasteiger partial charge is 0.416 e. The van der Waals surface area contributed by atoms with E-state index < -0.39 is 42.1 Å². The van der Waals surface area contributed by atoms with E-state index >= 15 is 0 Å². The fourth-order valence-electron chi connectivity index (χ4n) is 2.80. The van der Waals surface area contributed by atoms with Gasteiger partial charge in [-0.05, 0) is 24.3 Å². The fraction of sp³-hybridized carbons (Fsp3) is 0.158. The number of benzene rings is 2. The van der Waals surface area contributed by atoms with Gasteiger partial charge in [0.05, 0.1) is 23.1 Å². The fourth-order valence-corrected chi connectivity index (χ4v) is 2.80. The van der Waals surface area contributed by atoms with Crippen molar-refractivity contribution in [1.29, 1.82) is 0 Å². The lowest BCUT2D eigenvalue weighted by Gasteiger charge is -2.12. The van der Waals surface area contributed by atoms with Crippen molar-refractivity contribution in [3.05, 3.63) is 70.1 Å². The van der Waals surface area contributed by atoms with Crippen LogP contribution in [-0.4, -0.2) is 26.8 Å². The van der Waals surface area contributed by atoms with Crippen LogP contribution in [0.4, 0.5) is 18.9 Å². The number of aliphatic carboxylic acids is 1. The lowest BCUT2D eigenvalue weighted by atomic mass is 10.1. The van der Waals surface area contributed by atoms with Gasteiger partial charge in [-0.25, -0.2) is 4.68 Å². The maximum absolute atomic E-state index is 12.8. The van der Waals surface area contributed by atoms with Gasteiger partial charge in [0.1, 0.15) is 6.54 Å². The highest BCUT2D eigenvalue weighted by molar-refractivity contribution is 5.91. The molecule has 2 N–H and O–H groups in total. The molecule has 3 rings (SSSR count). The van der Waals surface area contributed by atoms with Gasteiger partial charge in [0, 0.05) is 11.1 Å². The molecule has 0 aliphatic carbocycles. The van der Waals surface area contributed by atoms with Gasteiger partial charge in [0.2, 0.25) is 5.91 Å². The number of alkyl halides is 3. The van der Waals surface area contributed by atoms with E-state index in [0.29, 0.717) is 5.39 Å². The molecule has 0 saturated heterocycles. The number of amides is 1. The molecule has 3 aromatic rings. The molecule has 0 atom stereocenters. The average molecular weight is 405 g/mol. The lowest BCUT2D eigenvalue weighted by molar-refractivity contribution is -0.138. The standard InChI is InChI=1S/C19H14F3N3O4/c20-19(21,22)11-4-3-5-12(8-11)23-16(26)10-25-18(29)14-7-2-1-6-13(14)15(24-25)9-17(27)28/h1-8H,9-10H2,(H,23,26)(H,27,28). The first-order chi connectivity index (χ1) is 13.6. The van der Waals surface area contributed by atoms with E-state index in [-0.39, 0.29) is 16.8 Å². The Balaban J connectivity index is 1.90. The number of fused-ring (bicyclic) bond motifs is 1. The lowest BCUT2D eigenvalue weighted by Crippen LogP contribution is -2.31. The Bertz CT molecular complexity index is 1160. The van der Waals surface area contributed by atoms with Crippen molar-refractivity contribution in [2.24, 2.45) is 0 Å². The molecule has 1 aromatic heterocycles. The number of rotatable bonds is 5. The molecule has 0 spiro atoms. The number of nitrogens with one attached hydrogen (secondary N) is 1. The molecule has 2 aromatic carbocycles. The van der Waals surface area contributed by atoms with E-state index in [2.05, 4.69) is 10.4 Å². The van der Waals surface area contributed by atoms with Crippen LogP contribution >= 0.6 is 0 Å². The molecule has 1 amide bonds. The summed E-state index contributed by atoms with van der Waals surface area (Å²) in [5.41, 5.74) is -1.54. The second-order valence-corrected chi connectivity index (χ2v) is 6.15. The highest BCUT2D eigenvalue weighted by atomic mass is 19.4. The Kier molecular flexibility index (Phi) is 5.35. The van der Waals surface area contributed by atoms with Crippen LogP contribution in [0, 0.1) is 0 Å². The number of anilines is 1. The molecule has 7 nitrogen and oxygen atoms in total. The number of hydrogen-bond acceptors (Lipinski definition) is 4. The Morgan fingerprint density at radius 1 is 1.07 bits per heavy atom. The molecule has 0 aliphatic heterocycles. The summed E-state index contributed by atoms with van der Waals surface area (Å²) in [6.07, 6.45) is -5.03. The highest BCUT2D eigenvalue weighted by Gasteiger charge is 2.30. The highest BCUT2D eigenvalue weighted by Crippen LogP contribution is 2.30. The van der Waals surface area contributed by atoms with Crippen molar-refractivity contribution in [3.63, 3.8) is 0 Å². The number of aromatic nitrogens is 2. The van der Waals surface area contributed by atoms with Crippen molar-refractivity contribution in [2.75, 3.05) is 5.32 Å². The number of carbonyl (C=O) groups excluding carboxylic acids is 1. The predicted octanol–water partition coefficient (Wildman–Crippen LogP) is 2.68. The van der Waals surface area contributed by atoms with Crippen molar-refractivity contribution < 1.29 is 27.9 Å². The zero-order valence-electron chi connectivity index (χ0n) is 14.7. The average Bonchev–Trinajstić information content (AvgIpc) is 2.64. The van der Waals surface area contributed by atoms with Crippen LogP contribution in [0.1, 0.15) is 11.3 Å². The van der Waals surface area contributed by atoms with Gasteiger partial charge < -0.3 is 10.4 Å². The van der Waals surface area contributed by atoms with E-state index in [4.69, 9.17) is 5.11 Å². The topological polar surface area (TPSA) is 101 Å². The van der Waals surface area contributed by atoms with Crippen LogP contribution < -0.4 is 10.9 Å². The second-order valence-electron chi connectivity index (χ2n) is 6.15. The summed E-state index contributed by atoms with van der Waals surface area (Å²) >= 11 is 0. The summed E-state index contributed by atoms with van der Waals surface area (Å²) in [5.74, 6) is -1.95. The molecule has 0 radical (unpaired) electrons. The third-order valence-corrected chi connectivity index (χ3v) is 4.03. The number of hydrogen-bond donors (Lipinski definition) is 2. The van der Waals surface area contributed by atoms with Crippen molar-refractivity contribution in [3.8, 4) is 0 Å². The zero-order valence-corrected chi connectivity index (χ0v) is 14.7. The SMILES string of the molecule is O=C(O)Cc1nn(CC(=O)Nc2cccc(C(F)(F)F)c2)c(=O)c2ccccc12. The third kappa shape index (κ3) is 4.60. The molecule has 29 heavy (non-hydrogen) atoms. The molecular weight excluding hydrogens is 391 g/mol. The van der Waals surface area contributed by atoms with Gasteiger partial charge in [0.15, 0.2) is 0 Å². The molecule has 0 unspecified atom stereocenters. The molecule has 0 saturated carbocycles. The Labute approximate surface area is 161 Å². The summed E-state index contributed by atoms with van der Waals surface area (Å²) in [6, 6.07) is 10.3. The Hall–Kier alpha value is -3.69. The van der Waals surface area contributed by atoms with Gasteiger partial charge >= 0.3 is 12.1 Å². The Morgan fingerprint density at radius 2 is 1.76 bits per heavy atom. The van der Waals surface area contributed by atoms with E-state index in [1.54, 1.807) is 18.2 Å². The van der Waals surface area contributed by atoms with Gasteiger partial charge in [0.25, 0.3) is 5.56 Å². The number of carboxylic acids is 1.